The van der Waals surface area contributed by atoms with Crippen LogP contribution in [0.1, 0.15) is 18.5 Å². The standard InChI is InChI=1S/C13H17N3O3/c17-12(15-8-10-4-1-2-6-14-10)9-16-13(18)11-5-3-7-19-11/h1-2,4,6,11H,3,5,7-9H2,(H,15,17)(H,16,18). The van der Waals surface area contributed by atoms with Gasteiger partial charge in [0, 0.05) is 12.8 Å². The zero-order chi connectivity index (χ0) is 13.5. The predicted octanol–water partition coefficient (Wildman–Crippen LogP) is -0.00700. The van der Waals surface area contributed by atoms with E-state index >= 15 is 0 Å². The van der Waals surface area contributed by atoms with Gasteiger partial charge in [-0.05, 0) is 25.0 Å². The molecule has 0 radical (unpaired) electrons. The van der Waals surface area contributed by atoms with Gasteiger partial charge >= 0.3 is 0 Å². The average Bonchev–Trinajstić information content (AvgIpc) is 2.98. The normalized spacial score (nSPS) is 18.0. The Morgan fingerprint density at radius 3 is 2.95 bits per heavy atom. The minimum Gasteiger partial charge on any atom is -0.368 e. The van der Waals surface area contributed by atoms with Gasteiger partial charge in [0.25, 0.3) is 0 Å². The molecule has 2 heterocycles. The van der Waals surface area contributed by atoms with E-state index < -0.39 is 6.10 Å². The summed E-state index contributed by atoms with van der Waals surface area (Å²) in [5.74, 6) is -0.456. The molecule has 2 N–H and O–H groups in total. The van der Waals surface area contributed by atoms with E-state index in [-0.39, 0.29) is 18.4 Å². The Bertz CT molecular complexity index is 430. The van der Waals surface area contributed by atoms with Crippen molar-refractivity contribution in [3.63, 3.8) is 0 Å². The summed E-state index contributed by atoms with van der Waals surface area (Å²) in [7, 11) is 0. The van der Waals surface area contributed by atoms with Gasteiger partial charge in [-0.15, -0.1) is 0 Å². The fraction of sp³-hybridized carbons (Fsp3) is 0.462. The van der Waals surface area contributed by atoms with E-state index in [1.165, 1.54) is 0 Å². The summed E-state index contributed by atoms with van der Waals surface area (Å²) in [6.07, 6.45) is 2.88. The number of pyridine rings is 1. The molecule has 1 aliphatic rings. The number of aromatic nitrogens is 1. The summed E-state index contributed by atoms with van der Waals surface area (Å²) >= 11 is 0. The zero-order valence-corrected chi connectivity index (χ0v) is 10.6. The van der Waals surface area contributed by atoms with Crippen molar-refractivity contribution >= 4 is 11.8 Å². The third-order valence-corrected chi connectivity index (χ3v) is 2.84. The van der Waals surface area contributed by atoms with Gasteiger partial charge in [-0.3, -0.25) is 14.6 Å². The molecule has 1 aromatic heterocycles. The van der Waals surface area contributed by atoms with Crippen LogP contribution in [0, 0.1) is 0 Å². The van der Waals surface area contributed by atoms with Crippen LogP contribution in [0.15, 0.2) is 24.4 Å². The monoisotopic (exact) mass is 263 g/mol. The first-order valence-electron chi connectivity index (χ1n) is 6.31. The maximum absolute atomic E-state index is 11.6. The summed E-state index contributed by atoms with van der Waals surface area (Å²) in [4.78, 5) is 27.2. The molecule has 2 rings (SSSR count). The first-order valence-corrected chi connectivity index (χ1v) is 6.31. The molecule has 102 valence electrons. The van der Waals surface area contributed by atoms with E-state index in [1.54, 1.807) is 6.20 Å². The summed E-state index contributed by atoms with van der Waals surface area (Å²) in [6, 6.07) is 5.49. The highest BCUT2D eigenvalue weighted by molar-refractivity contribution is 5.86. The lowest BCUT2D eigenvalue weighted by molar-refractivity contribution is -0.132. The van der Waals surface area contributed by atoms with Crippen LogP contribution in [0.3, 0.4) is 0 Å². The van der Waals surface area contributed by atoms with E-state index in [9.17, 15) is 9.59 Å². The van der Waals surface area contributed by atoms with Crippen LogP contribution >= 0.6 is 0 Å². The van der Waals surface area contributed by atoms with Gasteiger partial charge in [-0.2, -0.15) is 0 Å². The van der Waals surface area contributed by atoms with E-state index in [0.717, 1.165) is 18.5 Å². The molecule has 0 saturated carbocycles. The number of carbonyl (C=O) groups excluding carboxylic acids is 2. The second-order valence-corrected chi connectivity index (χ2v) is 4.32. The predicted molar refractivity (Wildman–Crippen MR) is 68.1 cm³/mol. The molecule has 0 bridgehead atoms. The van der Waals surface area contributed by atoms with Crippen LogP contribution < -0.4 is 10.6 Å². The first kappa shape index (κ1) is 13.5. The Labute approximate surface area is 111 Å². The summed E-state index contributed by atoms with van der Waals surface area (Å²) in [6.45, 7) is 0.935. The molecular weight excluding hydrogens is 246 g/mol. The van der Waals surface area contributed by atoms with Gasteiger partial charge < -0.3 is 15.4 Å². The van der Waals surface area contributed by atoms with Crippen molar-refractivity contribution in [3.8, 4) is 0 Å². The van der Waals surface area contributed by atoms with Gasteiger partial charge in [0.1, 0.15) is 6.10 Å². The second kappa shape index (κ2) is 6.84. The molecule has 1 saturated heterocycles. The summed E-state index contributed by atoms with van der Waals surface area (Å²) in [5, 5.41) is 5.25. The van der Waals surface area contributed by atoms with Crippen LogP contribution in [0.2, 0.25) is 0 Å². The lowest BCUT2D eigenvalue weighted by Crippen LogP contribution is -2.41. The SMILES string of the molecule is O=C(CNC(=O)C1CCCO1)NCc1ccccn1. The molecule has 6 heteroatoms. The molecule has 6 nitrogen and oxygen atoms in total. The third kappa shape index (κ3) is 4.33. The Balaban J connectivity index is 1.65. The Hall–Kier alpha value is -1.95. The molecule has 1 atom stereocenters. The van der Waals surface area contributed by atoms with Gasteiger partial charge in [0.15, 0.2) is 0 Å². The molecule has 1 aliphatic heterocycles. The molecular formula is C13H17N3O3. The van der Waals surface area contributed by atoms with Crippen LogP contribution in [0.5, 0.6) is 0 Å². The fourth-order valence-electron chi connectivity index (χ4n) is 1.82. The van der Waals surface area contributed by atoms with Crippen LogP contribution in [-0.2, 0) is 20.9 Å². The van der Waals surface area contributed by atoms with Crippen molar-refractivity contribution in [1.29, 1.82) is 0 Å². The lowest BCUT2D eigenvalue weighted by atomic mass is 10.2. The molecule has 1 unspecified atom stereocenters. The lowest BCUT2D eigenvalue weighted by Gasteiger charge is -2.10. The zero-order valence-electron chi connectivity index (χ0n) is 10.6. The number of carbonyl (C=O) groups is 2. The van der Waals surface area contributed by atoms with Crippen molar-refractivity contribution in [2.45, 2.75) is 25.5 Å². The van der Waals surface area contributed by atoms with Crippen molar-refractivity contribution in [2.75, 3.05) is 13.2 Å². The van der Waals surface area contributed by atoms with Gasteiger partial charge in [-0.1, -0.05) is 6.07 Å². The number of nitrogens with one attached hydrogen (secondary N) is 2. The Kier molecular flexibility index (Phi) is 4.85. The molecule has 1 fully saturated rings. The Morgan fingerprint density at radius 1 is 1.37 bits per heavy atom. The van der Waals surface area contributed by atoms with Gasteiger partial charge in [-0.25, -0.2) is 0 Å². The van der Waals surface area contributed by atoms with Crippen LogP contribution in [-0.4, -0.2) is 36.1 Å². The maximum atomic E-state index is 11.6. The molecule has 0 spiro atoms. The Morgan fingerprint density at radius 2 is 2.26 bits per heavy atom. The highest BCUT2D eigenvalue weighted by atomic mass is 16.5. The molecule has 1 aromatic rings. The van der Waals surface area contributed by atoms with Crippen LogP contribution in [0.4, 0.5) is 0 Å². The maximum Gasteiger partial charge on any atom is 0.249 e. The first-order chi connectivity index (χ1) is 9.25. The quantitative estimate of drug-likeness (QED) is 0.783. The van der Waals surface area contributed by atoms with Crippen molar-refractivity contribution in [3.05, 3.63) is 30.1 Å². The number of ether oxygens (including phenoxy) is 1. The number of amides is 2. The van der Waals surface area contributed by atoms with E-state index in [1.807, 2.05) is 18.2 Å². The van der Waals surface area contributed by atoms with E-state index in [0.29, 0.717) is 13.2 Å². The van der Waals surface area contributed by atoms with Crippen molar-refractivity contribution < 1.29 is 14.3 Å². The summed E-state index contributed by atoms with van der Waals surface area (Å²) in [5.41, 5.74) is 0.779. The number of hydrogen-bond donors (Lipinski definition) is 2. The minimum atomic E-state index is -0.399. The topological polar surface area (TPSA) is 80.3 Å². The van der Waals surface area contributed by atoms with Crippen LogP contribution in [0.25, 0.3) is 0 Å². The third-order valence-electron chi connectivity index (χ3n) is 2.84. The molecule has 0 aromatic carbocycles. The van der Waals surface area contributed by atoms with Crippen molar-refractivity contribution in [2.24, 2.45) is 0 Å². The summed E-state index contributed by atoms with van der Waals surface area (Å²) < 4.78 is 5.22. The second-order valence-electron chi connectivity index (χ2n) is 4.32. The number of hydrogen-bond acceptors (Lipinski definition) is 4. The number of rotatable bonds is 5. The van der Waals surface area contributed by atoms with Gasteiger partial charge in [0.05, 0.1) is 18.8 Å². The molecule has 0 aliphatic carbocycles. The molecule has 19 heavy (non-hydrogen) atoms. The minimum absolute atomic E-state index is 0.0362. The number of nitrogens with zero attached hydrogens (tertiary/aromatic N) is 1. The average molecular weight is 263 g/mol. The smallest absolute Gasteiger partial charge is 0.249 e. The van der Waals surface area contributed by atoms with E-state index in [4.69, 9.17) is 4.74 Å². The van der Waals surface area contributed by atoms with E-state index in [2.05, 4.69) is 15.6 Å². The highest BCUT2D eigenvalue weighted by Gasteiger charge is 2.23. The van der Waals surface area contributed by atoms with Crippen molar-refractivity contribution in [1.82, 2.24) is 15.6 Å². The van der Waals surface area contributed by atoms with Gasteiger partial charge in [0.2, 0.25) is 11.8 Å². The largest absolute Gasteiger partial charge is 0.368 e. The highest BCUT2D eigenvalue weighted by Crippen LogP contribution is 2.11. The fourth-order valence-corrected chi connectivity index (χ4v) is 1.82. The molecule has 2 amide bonds.